The van der Waals surface area contributed by atoms with Crippen LogP contribution in [0.3, 0.4) is 0 Å². The van der Waals surface area contributed by atoms with Crippen LogP contribution in [0.4, 0.5) is 0 Å². The fraction of sp³-hybridized carbons (Fsp3) is 0.125. The standard InChI is InChI=1S/C24H19BN2O5S2/c1-14-2-4-15(5-3-14)6-7-18-8-9-22(33-18)34(31,32)27-20(24(29)30)10-16-13-26-23-19(16)11-17(25)12-21(23)28/h2-5,8-9,11-13,20,26-28H,10H2,1H3,(H,29,30)/t20-/m1/s1. The summed E-state index contributed by atoms with van der Waals surface area (Å²) in [5.41, 5.74) is 3.12. The average molecular weight is 490 g/mol. The summed E-state index contributed by atoms with van der Waals surface area (Å²) in [4.78, 5) is 15.3. The predicted octanol–water partition coefficient (Wildman–Crippen LogP) is 2.41. The number of aromatic hydroxyl groups is 1. The molecule has 0 bridgehead atoms. The van der Waals surface area contributed by atoms with Gasteiger partial charge in [0.25, 0.3) is 10.0 Å². The summed E-state index contributed by atoms with van der Waals surface area (Å²) in [5.74, 6) is 4.51. The summed E-state index contributed by atoms with van der Waals surface area (Å²) >= 11 is 0.958. The van der Waals surface area contributed by atoms with Crippen molar-refractivity contribution in [3.63, 3.8) is 0 Å². The maximum absolute atomic E-state index is 12.9. The second-order valence-electron chi connectivity index (χ2n) is 7.73. The number of benzene rings is 2. The highest BCUT2D eigenvalue weighted by molar-refractivity contribution is 7.91. The number of rotatable bonds is 6. The van der Waals surface area contributed by atoms with Gasteiger partial charge in [-0.25, -0.2) is 8.42 Å². The molecule has 2 aromatic carbocycles. The van der Waals surface area contributed by atoms with E-state index in [-0.39, 0.29) is 16.4 Å². The Morgan fingerprint density at radius 2 is 1.91 bits per heavy atom. The zero-order chi connectivity index (χ0) is 24.5. The van der Waals surface area contributed by atoms with Crippen molar-refractivity contribution in [1.82, 2.24) is 9.71 Å². The van der Waals surface area contributed by atoms with E-state index in [0.29, 0.717) is 26.8 Å². The van der Waals surface area contributed by atoms with Crippen LogP contribution in [0.5, 0.6) is 5.75 Å². The summed E-state index contributed by atoms with van der Waals surface area (Å²) in [5, 5.41) is 20.2. The van der Waals surface area contributed by atoms with Gasteiger partial charge >= 0.3 is 5.97 Å². The van der Waals surface area contributed by atoms with Gasteiger partial charge in [-0.3, -0.25) is 4.79 Å². The number of carboxylic acid groups (broad SMARTS) is 1. The van der Waals surface area contributed by atoms with Crippen LogP contribution in [0.1, 0.15) is 21.6 Å². The van der Waals surface area contributed by atoms with E-state index in [1.807, 2.05) is 31.2 Å². The first kappa shape index (κ1) is 23.6. The number of hydrogen-bond acceptors (Lipinski definition) is 5. The van der Waals surface area contributed by atoms with Crippen molar-refractivity contribution in [1.29, 1.82) is 0 Å². The van der Waals surface area contributed by atoms with Crippen molar-refractivity contribution < 1.29 is 23.4 Å². The molecular weight excluding hydrogens is 471 g/mol. The molecule has 4 aromatic rings. The monoisotopic (exact) mass is 490 g/mol. The number of nitrogens with one attached hydrogen (secondary N) is 2. The van der Waals surface area contributed by atoms with Crippen molar-refractivity contribution in [2.75, 3.05) is 0 Å². The van der Waals surface area contributed by atoms with Crippen molar-refractivity contribution in [2.24, 2.45) is 0 Å². The van der Waals surface area contributed by atoms with Gasteiger partial charge in [0.15, 0.2) is 0 Å². The van der Waals surface area contributed by atoms with Gasteiger partial charge in [-0.2, -0.15) is 4.72 Å². The smallest absolute Gasteiger partial charge is 0.322 e. The van der Waals surface area contributed by atoms with Crippen LogP contribution >= 0.6 is 11.3 Å². The molecule has 0 saturated heterocycles. The molecule has 2 heterocycles. The average Bonchev–Trinajstić information content (AvgIpc) is 3.41. The van der Waals surface area contributed by atoms with Gasteiger partial charge in [0.05, 0.1) is 10.4 Å². The van der Waals surface area contributed by atoms with Crippen molar-refractivity contribution in [2.45, 2.75) is 23.6 Å². The van der Waals surface area contributed by atoms with E-state index in [1.54, 1.807) is 12.1 Å². The summed E-state index contributed by atoms with van der Waals surface area (Å²) in [6.07, 6.45) is 1.38. The molecule has 4 rings (SSSR count). The van der Waals surface area contributed by atoms with Gasteiger partial charge in [0.1, 0.15) is 23.8 Å². The summed E-state index contributed by atoms with van der Waals surface area (Å²) in [6, 6.07) is 12.1. The van der Waals surface area contributed by atoms with E-state index in [2.05, 4.69) is 21.5 Å². The number of phenolic OH excluding ortho intramolecular Hbond substituents is 1. The first-order valence-corrected chi connectivity index (χ1v) is 12.4. The number of carboxylic acids is 1. The maximum atomic E-state index is 12.9. The number of fused-ring (bicyclic) bond motifs is 1. The third-order valence-corrected chi connectivity index (χ3v) is 8.09. The summed E-state index contributed by atoms with van der Waals surface area (Å²) < 4.78 is 28.0. The van der Waals surface area contributed by atoms with E-state index >= 15 is 0 Å². The first-order chi connectivity index (χ1) is 16.1. The highest BCUT2D eigenvalue weighted by atomic mass is 32.2. The lowest BCUT2D eigenvalue weighted by Gasteiger charge is -2.14. The molecule has 0 aliphatic rings. The van der Waals surface area contributed by atoms with Crippen LogP contribution < -0.4 is 10.2 Å². The molecule has 4 N–H and O–H groups in total. The number of aryl methyl sites for hydroxylation is 1. The third kappa shape index (κ3) is 5.17. The lowest BCUT2D eigenvalue weighted by Crippen LogP contribution is -2.42. The van der Waals surface area contributed by atoms with Gasteiger partial charge in [-0.1, -0.05) is 41.1 Å². The SMILES string of the molecule is [B]c1cc(O)c2[nH]cc(C[C@@H](NS(=O)(=O)c3ccc(C#Cc4ccc(C)cc4)s3)C(=O)O)c2c1. The minimum absolute atomic E-state index is 0.0345. The highest BCUT2D eigenvalue weighted by Crippen LogP contribution is 2.27. The minimum atomic E-state index is -4.11. The number of phenols is 1. The van der Waals surface area contributed by atoms with Crippen molar-refractivity contribution in [3.05, 3.63) is 76.3 Å². The Morgan fingerprint density at radius 1 is 1.18 bits per heavy atom. The number of aliphatic carboxylic acids is 1. The van der Waals surface area contributed by atoms with Crippen LogP contribution in [0.25, 0.3) is 10.9 Å². The molecule has 7 nitrogen and oxygen atoms in total. The van der Waals surface area contributed by atoms with Crippen molar-refractivity contribution >= 4 is 51.5 Å². The van der Waals surface area contributed by atoms with Gasteiger partial charge in [-0.15, -0.1) is 11.3 Å². The Hall–Kier alpha value is -3.52. The summed E-state index contributed by atoms with van der Waals surface area (Å²) in [7, 11) is 1.67. The molecule has 1 atom stereocenters. The molecule has 170 valence electrons. The minimum Gasteiger partial charge on any atom is -0.506 e. The molecule has 10 heteroatoms. The van der Waals surface area contributed by atoms with Crippen LogP contribution in [0, 0.1) is 18.8 Å². The Labute approximate surface area is 201 Å². The molecular formula is C24H19BN2O5S2. The van der Waals surface area contributed by atoms with Gasteiger partial charge in [-0.05, 0) is 42.8 Å². The lowest BCUT2D eigenvalue weighted by atomic mass is 9.93. The Balaban J connectivity index is 1.54. The van der Waals surface area contributed by atoms with Crippen LogP contribution in [0.15, 0.2) is 58.9 Å². The zero-order valence-electron chi connectivity index (χ0n) is 18.0. The quantitative estimate of drug-likeness (QED) is 0.245. The van der Waals surface area contributed by atoms with Gasteiger partial charge < -0.3 is 15.2 Å². The fourth-order valence-electron chi connectivity index (χ4n) is 3.41. The van der Waals surface area contributed by atoms with E-state index in [4.69, 9.17) is 7.85 Å². The highest BCUT2D eigenvalue weighted by Gasteiger charge is 2.28. The first-order valence-electron chi connectivity index (χ1n) is 10.1. The number of H-pyrrole nitrogens is 1. The van der Waals surface area contributed by atoms with E-state index in [9.17, 15) is 23.4 Å². The molecule has 0 amide bonds. The zero-order valence-corrected chi connectivity index (χ0v) is 19.6. The molecule has 0 spiro atoms. The molecule has 0 saturated carbocycles. The fourth-order valence-corrected chi connectivity index (χ4v) is 5.77. The maximum Gasteiger partial charge on any atom is 0.322 e. The molecule has 0 fully saturated rings. The Morgan fingerprint density at radius 3 is 2.62 bits per heavy atom. The van der Waals surface area contributed by atoms with Crippen LogP contribution in [-0.2, 0) is 21.2 Å². The number of aromatic amines is 1. The van der Waals surface area contributed by atoms with E-state index < -0.39 is 22.0 Å². The Kier molecular flexibility index (Phi) is 6.53. The Bertz CT molecular complexity index is 1540. The summed E-state index contributed by atoms with van der Waals surface area (Å²) in [6.45, 7) is 1.98. The second kappa shape index (κ2) is 9.39. The van der Waals surface area contributed by atoms with Crippen LogP contribution in [0.2, 0.25) is 0 Å². The van der Waals surface area contributed by atoms with Crippen molar-refractivity contribution in [3.8, 4) is 17.6 Å². The lowest BCUT2D eigenvalue weighted by molar-refractivity contribution is -0.138. The van der Waals surface area contributed by atoms with Gasteiger partial charge in [0.2, 0.25) is 0 Å². The third-order valence-electron chi connectivity index (χ3n) is 5.12. The molecule has 2 radical (unpaired) electrons. The largest absolute Gasteiger partial charge is 0.506 e. The predicted molar refractivity (Wildman–Crippen MR) is 132 cm³/mol. The van der Waals surface area contributed by atoms with Crippen LogP contribution in [-0.4, -0.2) is 43.5 Å². The number of thiophene rings is 1. The number of carbonyl (C=O) groups is 1. The number of sulfonamides is 1. The molecule has 2 aromatic heterocycles. The topological polar surface area (TPSA) is 119 Å². The number of hydrogen-bond donors (Lipinski definition) is 4. The second-order valence-corrected chi connectivity index (χ2v) is 10.8. The molecule has 34 heavy (non-hydrogen) atoms. The van der Waals surface area contributed by atoms with E-state index in [0.717, 1.165) is 22.5 Å². The van der Waals surface area contributed by atoms with E-state index in [1.165, 1.54) is 18.3 Å². The normalized spacial score (nSPS) is 12.3. The number of aromatic nitrogens is 1. The molecule has 0 aliphatic carbocycles. The molecule has 0 unspecified atom stereocenters. The van der Waals surface area contributed by atoms with Gasteiger partial charge in [0, 0.05) is 23.6 Å². The molecule has 0 aliphatic heterocycles.